The van der Waals surface area contributed by atoms with E-state index in [2.05, 4.69) is 208 Å². The van der Waals surface area contributed by atoms with Crippen molar-refractivity contribution in [1.82, 2.24) is 13.7 Å². The lowest BCUT2D eigenvalue weighted by molar-refractivity contribution is 1.13. The van der Waals surface area contributed by atoms with Crippen LogP contribution in [0.2, 0.25) is 0 Å². The standard InChI is InChI=1S/C56H33N5/c57-34-36-28-37(35-58)30-40(29-36)38-22-24-39(25-23-38)41-31-43(59-50-18-8-4-14-45(50)46-15-5-9-19-51(46)59)33-44(32-41)60-53-21-11-7-17-49(53)55-54(60)27-26-48-47-16-6-10-20-52(47)61(56(48)55)42-12-2-1-3-13-42/h1-33H. The predicted octanol–water partition coefficient (Wildman–Crippen LogP) is 14.1. The molecular formula is C56H33N5. The molecule has 3 aromatic heterocycles. The Labute approximate surface area is 351 Å². The zero-order valence-electron chi connectivity index (χ0n) is 32.8. The third kappa shape index (κ3) is 5.25. The second kappa shape index (κ2) is 13.5. The van der Waals surface area contributed by atoms with E-state index in [0.717, 1.165) is 61.4 Å². The molecule has 3 heterocycles. The average Bonchev–Trinajstić information content (AvgIpc) is 3.97. The maximum Gasteiger partial charge on any atom is 0.0992 e. The summed E-state index contributed by atoms with van der Waals surface area (Å²) in [4.78, 5) is 0. The van der Waals surface area contributed by atoms with Crippen molar-refractivity contribution in [2.24, 2.45) is 0 Å². The van der Waals surface area contributed by atoms with Crippen molar-refractivity contribution in [1.29, 1.82) is 10.5 Å². The Balaban J connectivity index is 1.15. The minimum atomic E-state index is 0.467. The normalized spacial score (nSPS) is 11.6. The summed E-state index contributed by atoms with van der Waals surface area (Å²) in [6.45, 7) is 0. The van der Waals surface area contributed by atoms with E-state index in [1.807, 2.05) is 12.1 Å². The van der Waals surface area contributed by atoms with Gasteiger partial charge in [0.25, 0.3) is 0 Å². The van der Waals surface area contributed by atoms with Gasteiger partial charge in [0, 0.05) is 49.4 Å². The quantitative estimate of drug-likeness (QED) is 0.175. The van der Waals surface area contributed by atoms with Crippen molar-refractivity contribution in [3.63, 3.8) is 0 Å². The third-order valence-corrected chi connectivity index (χ3v) is 12.2. The Hall–Kier alpha value is -8.64. The van der Waals surface area contributed by atoms with Crippen LogP contribution in [0.1, 0.15) is 11.1 Å². The van der Waals surface area contributed by atoms with Gasteiger partial charge in [-0.15, -0.1) is 0 Å². The molecule has 12 aromatic rings. The number of aromatic nitrogens is 3. The summed E-state index contributed by atoms with van der Waals surface area (Å²) in [6.07, 6.45) is 0. The summed E-state index contributed by atoms with van der Waals surface area (Å²) in [5.74, 6) is 0. The topological polar surface area (TPSA) is 62.4 Å². The van der Waals surface area contributed by atoms with E-state index < -0.39 is 0 Å². The first kappa shape index (κ1) is 34.4. The fourth-order valence-electron chi connectivity index (χ4n) is 9.63. The predicted molar refractivity (Wildman–Crippen MR) is 250 cm³/mol. The summed E-state index contributed by atoms with van der Waals surface area (Å²) in [5, 5.41) is 26.6. The van der Waals surface area contributed by atoms with E-state index in [1.165, 1.54) is 43.4 Å². The molecule has 0 aliphatic carbocycles. The van der Waals surface area contributed by atoms with Crippen LogP contribution in [-0.2, 0) is 0 Å². The number of hydrogen-bond donors (Lipinski definition) is 0. The largest absolute Gasteiger partial charge is 0.309 e. The zero-order chi connectivity index (χ0) is 40.6. The lowest BCUT2D eigenvalue weighted by Gasteiger charge is -2.16. The minimum absolute atomic E-state index is 0.467. The first-order chi connectivity index (χ1) is 30.2. The number of benzene rings is 9. The van der Waals surface area contributed by atoms with Gasteiger partial charge < -0.3 is 13.7 Å². The molecule has 0 amide bonds. The smallest absolute Gasteiger partial charge is 0.0992 e. The van der Waals surface area contributed by atoms with E-state index >= 15 is 0 Å². The monoisotopic (exact) mass is 775 g/mol. The van der Waals surface area contributed by atoms with E-state index in [-0.39, 0.29) is 0 Å². The van der Waals surface area contributed by atoms with Crippen molar-refractivity contribution in [3.8, 4) is 51.5 Å². The molecular weight excluding hydrogens is 743 g/mol. The second-order valence-electron chi connectivity index (χ2n) is 15.6. The Kier molecular flexibility index (Phi) is 7.59. The van der Waals surface area contributed by atoms with Crippen LogP contribution in [-0.4, -0.2) is 13.7 Å². The summed E-state index contributed by atoms with van der Waals surface area (Å²) >= 11 is 0. The molecule has 0 N–H and O–H groups in total. The second-order valence-corrected chi connectivity index (χ2v) is 15.6. The molecule has 0 saturated heterocycles. The van der Waals surface area contributed by atoms with E-state index in [4.69, 9.17) is 0 Å². The Morgan fingerprint density at radius 1 is 0.295 bits per heavy atom. The van der Waals surface area contributed by atoms with Gasteiger partial charge in [0.1, 0.15) is 0 Å². The molecule has 0 fully saturated rings. The van der Waals surface area contributed by atoms with Gasteiger partial charge in [0.15, 0.2) is 0 Å². The molecule has 5 heteroatoms. The molecule has 0 aliphatic rings. The SMILES string of the molecule is N#Cc1cc(C#N)cc(-c2ccc(-c3cc(-n4c5ccccc5c5ccccc54)cc(-n4c5ccccc5c5c4ccc4c6ccccc6n(-c6ccccc6)c45)c3)cc2)c1. The molecule has 5 nitrogen and oxygen atoms in total. The Bertz CT molecular complexity index is 3740. The first-order valence-electron chi connectivity index (χ1n) is 20.4. The van der Waals surface area contributed by atoms with Gasteiger partial charge in [-0.05, 0) is 101 Å². The molecule has 9 aromatic carbocycles. The highest BCUT2D eigenvalue weighted by atomic mass is 15.0. The fraction of sp³-hybridized carbons (Fsp3) is 0. The summed E-state index contributed by atoms with van der Waals surface area (Å²) in [5.41, 5.74) is 15.0. The number of nitriles is 2. The van der Waals surface area contributed by atoms with E-state index in [9.17, 15) is 10.5 Å². The maximum atomic E-state index is 9.68. The van der Waals surface area contributed by atoms with Crippen molar-refractivity contribution in [3.05, 3.63) is 211 Å². The summed E-state index contributed by atoms with van der Waals surface area (Å²) < 4.78 is 7.25. The van der Waals surface area contributed by atoms with Crippen LogP contribution in [0.3, 0.4) is 0 Å². The minimum Gasteiger partial charge on any atom is -0.309 e. The van der Waals surface area contributed by atoms with Gasteiger partial charge in [-0.2, -0.15) is 10.5 Å². The molecule has 0 aliphatic heterocycles. The van der Waals surface area contributed by atoms with Crippen LogP contribution >= 0.6 is 0 Å². The molecule has 0 radical (unpaired) electrons. The van der Waals surface area contributed by atoms with Crippen molar-refractivity contribution < 1.29 is 0 Å². The average molecular weight is 776 g/mol. The number of rotatable bonds is 5. The molecule has 0 unspecified atom stereocenters. The van der Waals surface area contributed by atoms with Gasteiger partial charge in [-0.25, -0.2) is 0 Å². The first-order valence-corrected chi connectivity index (χ1v) is 20.4. The zero-order valence-corrected chi connectivity index (χ0v) is 32.8. The highest BCUT2D eigenvalue weighted by Crippen LogP contribution is 2.43. The van der Waals surface area contributed by atoms with Crippen LogP contribution in [0.15, 0.2) is 200 Å². The van der Waals surface area contributed by atoms with Crippen molar-refractivity contribution in [2.45, 2.75) is 0 Å². The van der Waals surface area contributed by atoms with Gasteiger partial charge in [0.2, 0.25) is 0 Å². The van der Waals surface area contributed by atoms with Crippen LogP contribution in [0.4, 0.5) is 0 Å². The van der Waals surface area contributed by atoms with Crippen LogP contribution in [0.5, 0.6) is 0 Å². The molecule has 0 atom stereocenters. The molecule has 0 saturated carbocycles. The van der Waals surface area contributed by atoms with Gasteiger partial charge in [-0.3, -0.25) is 0 Å². The molecule has 0 spiro atoms. The molecule has 0 bridgehead atoms. The molecule has 12 rings (SSSR count). The van der Waals surface area contributed by atoms with Gasteiger partial charge >= 0.3 is 0 Å². The molecule has 61 heavy (non-hydrogen) atoms. The van der Waals surface area contributed by atoms with Crippen LogP contribution in [0, 0.1) is 22.7 Å². The number of fused-ring (bicyclic) bond motifs is 10. The molecule has 282 valence electrons. The maximum absolute atomic E-state index is 9.68. The van der Waals surface area contributed by atoms with Crippen LogP contribution in [0.25, 0.3) is 105 Å². The van der Waals surface area contributed by atoms with Crippen LogP contribution < -0.4 is 0 Å². The Morgan fingerprint density at radius 3 is 1.30 bits per heavy atom. The van der Waals surface area contributed by atoms with E-state index in [1.54, 1.807) is 6.07 Å². The number of nitrogens with zero attached hydrogens (tertiary/aromatic N) is 5. The number of hydrogen-bond acceptors (Lipinski definition) is 2. The lowest BCUT2D eigenvalue weighted by Crippen LogP contribution is -2.00. The van der Waals surface area contributed by atoms with Crippen molar-refractivity contribution in [2.75, 3.05) is 0 Å². The third-order valence-electron chi connectivity index (χ3n) is 12.2. The summed E-state index contributed by atoms with van der Waals surface area (Å²) in [6, 6.07) is 75.2. The highest BCUT2D eigenvalue weighted by Gasteiger charge is 2.22. The van der Waals surface area contributed by atoms with Crippen molar-refractivity contribution >= 4 is 65.4 Å². The Morgan fingerprint density at radius 2 is 0.738 bits per heavy atom. The number of para-hydroxylation sites is 5. The fourth-order valence-corrected chi connectivity index (χ4v) is 9.63. The van der Waals surface area contributed by atoms with Gasteiger partial charge in [0.05, 0.1) is 56.4 Å². The van der Waals surface area contributed by atoms with Gasteiger partial charge in [-0.1, -0.05) is 121 Å². The summed E-state index contributed by atoms with van der Waals surface area (Å²) in [7, 11) is 0. The highest BCUT2D eigenvalue weighted by molar-refractivity contribution is 6.26. The van der Waals surface area contributed by atoms with E-state index in [0.29, 0.717) is 11.1 Å². The lowest BCUT2D eigenvalue weighted by atomic mass is 9.97.